The maximum atomic E-state index is 11.8. The van der Waals surface area contributed by atoms with E-state index in [0.29, 0.717) is 12.1 Å². The summed E-state index contributed by atoms with van der Waals surface area (Å²) in [5.41, 5.74) is -0.419. The van der Waals surface area contributed by atoms with Crippen LogP contribution in [0.2, 0.25) is 0 Å². The fourth-order valence-electron chi connectivity index (χ4n) is 2.97. The lowest BCUT2D eigenvalue weighted by Crippen LogP contribution is -2.46. The molecule has 0 aromatic carbocycles. The molecular formula is C17H34N2O2. The smallest absolute Gasteiger partial charge is 0.407 e. The zero-order valence-electron chi connectivity index (χ0n) is 14.5. The van der Waals surface area contributed by atoms with E-state index in [1.165, 1.54) is 19.3 Å². The van der Waals surface area contributed by atoms with Crippen molar-refractivity contribution in [2.45, 2.75) is 103 Å². The van der Waals surface area contributed by atoms with Gasteiger partial charge in [0.05, 0.1) is 0 Å². The molecule has 0 bridgehead atoms. The SMILES string of the molecule is CCCC(CC)NC1CCC(NC(=O)OC(C)(C)C)CC1. The second kappa shape index (κ2) is 8.62. The van der Waals surface area contributed by atoms with Crippen LogP contribution < -0.4 is 10.6 Å². The Bertz CT molecular complexity index is 304. The molecule has 1 rings (SSSR count). The quantitative estimate of drug-likeness (QED) is 0.779. The monoisotopic (exact) mass is 298 g/mol. The third kappa shape index (κ3) is 7.70. The lowest BCUT2D eigenvalue weighted by Gasteiger charge is -2.32. The number of amides is 1. The zero-order chi connectivity index (χ0) is 15.9. The molecule has 0 aromatic heterocycles. The van der Waals surface area contributed by atoms with E-state index in [1.54, 1.807) is 0 Å². The number of alkyl carbamates (subject to hydrolysis) is 1. The summed E-state index contributed by atoms with van der Waals surface area (Å²) < 4.78 is 5.32. The van der Waals surface area contributed by atoms with Crippen LogP contribution in [0.15, 0.2) is 0 Å². The Kier molecular flexibility index (Phi) is 7.50. The second-order valence-electron chi connectivity index (χ2n) is 7.26. The number of carbonyl (C=O) groups is 1. The molecule has 4 nitrogen and oxygen atoms in total. The first-order chi connectivity index (χ1) is 9.84. The summed E-state index contributed by atoms with van der Waals surface area (Å²) in [6, 6.07) is 1.53. The number of ether oxygens (including phenoxy) is 1. The van der Waals surface area contributed by atoms with Crippen molar-refractivity contribution in [1.82, 2.24) is 10.6 Å². The molecule has 1 amide bonds. The average Bonchev–Trinajstić information content (AvgIpc) is 2.38. The molecule has 124 valence electrons. The summed E-state index contributed by atoms with van der Waals surface area (Å²) in [4.78, 5) is 11.8. The molecule has 1 fully saturated rings. The van der Waals surface area contributed by atoms with Gasteiger partial charge in [-0.25, -0.2) is 4.79 Å². The van der Waals surface area contributed by atoms with Crippen molar-refractivity contribution >= 4 is 6.09 Å². The van der Waals surface area contributed by atoms with Gasteiger partial charge in [0.1, 0.15) is 5.60 Å². The molecule has 4 heteroatoms. The van der Waals surface area contributed by atoms with Crippen LogP contribution in [0.4, 0.5) is 4.79 Å². The van der Waals surface area contributed by atoms with E-state index in [9.17, 15) is 4.79 Å². The predicted octanol–water partition coefficient (Wildman–Crippen LogP) is 3.99. The third-order valence-electron chi connectivity index (χ3n) is 4.05. The fourth-order valence-corrected chi connectivity index (χ4v) is 2.97. The number of rotatable bonds is 6. The minimum atomic E-state index is -0.419. The predicted molar refractivity (Wildman–Crippen MR) is 87.5 cm³/mol. The summed E-state index contributed by atoms with van der Waals surface area (Å²) in [5, 5.41) is 6.77. The highest BCUT2D eigenvalue weighted by Crippen LogP contribution is 2.20. The van der Waals surface area contributed by atoms with Gasteiger partial charge in [-0.3, -0.25) is 0 Å². The van der Waals surface area contributed by atoms with Crippen LogP contribution >= 0.6 is 0 Å². The Balaban J connectivity index is 2.27. The van der Waals surface area contributed by atoms with E-state index < -0.39 is 5.60 Å². The summed E-state index contributed by atoms with van der Waals surface area (Å²) in [7, 11) is 0. The van der Waals surface area contributed by atoms with E-state index in [0.717, 1.165) is 25.7 Å². The van der Waals surface area contributed by atoms with Crippen molar-refractivity contribution in [2.75, 3.05) is 0 Å². The highest BCUT2D eigenvalue weighted by Gasteiger charge is 2.25. The summed E-state index contributed by atoms with van der Waals surface area (Å²) in [6.07, 6.45) is 7.77. The van der Waals surface area contributed by atoms with Crippen LogP contribution in [-0.4, -0.2) is 29.8 Å². The Morgan fingerprint density at radius 3 is 2.19 bits per heavy atom. The lowest BCUT2D eigenvalue weighted by atomic mass is 9.90. The summed E-state index contributed by atoms with van der Waals surface area (Å²) in [6.45, 7) is 10.2. The number of nitrogens with one attached hydrogen (secondary N) is 2. The van der Waals surface area contributed by atoms with Gasteiger partial charge in [-0.2, -0.15) is 0 Å². The molecular weight excluding hydrogens is 264 g/mol. The van der Waals surface area contributed by atoms with E-state index >= 15 is 0 Å². The van der Waals surface area contributed by atoms with Gasteiger partial charge in [-0.1, -0.05) is 20.3 Å². The van der Waals surface area contributed by atoms with Crippen molar-refractivity contribution in [2.24, 2.45) is 0 Å². The zero-order valence-corrected chi connectivity index (χ0v) is 14.5. The maximum Gasteiger partial charge on any atom is 0.407 e. The molecule has 2 N–H and O–H groups in total. The lowest BCUT2D eigenvalue weighted by molar-refractivity contribution is 0.0489. The molecule has 0 saturated heterocycles. The molecule has 0 aliphatic heterocycles. The number of hydrogen-bond donors (Lipinski definition) is 2. The normalized spacial score (nSPS) is 24.4. The van der Waals surface area contributed by atoms with Gasteiger partial charge in [-0.05, 0) is 59.3 Å². The van der Waals surface area contributed by atoms with Gasteiger partial charge < -0.3 is 15.4 Å². The van der Waals surface area contributed by atoms with Crippen LogP contribution in [0.1, 0.15) is 79.6 Å². The van der Waals surface area contributed by atoms with Gasteiger partial charge in [-0.15, -0.1) is 0 Å². The minimum absolute atomic E-state index is 0.268. The largest absolute Gasteiger partial charge is 0.444 e. The van der Waals surface area contributed by atoms with E-state index in [1.807, 2.05) is 20.8 Å². The first-order valence-electron chi connectivity index (χ1n) is 8.59. The topological polar surface area (TPSA) is 50.4 Å². The van der Waals surface area contributed by atoms with Crippen LogP contribution in [0.5, 0.6) is 0 Å². The van der Waals surface area contributed by atoms with Gasteiger partial charge in [0, 0.05) is 18.1 Å². The molecule has 0 aromatic rings. The third-order valence-corrected chi connectivity index (χ3v) is 4.05. The summed E-state index contributed by atoms with van der Waals surface area (Å²) in [5.74, 6) is 0. The highest BCUT2D eigenvalue weighted by molar-refractivity contribution is 5.68. The van der Waals surface area contributed by atoms with Crippen LogP contribution in [-0.2, 0) is 4.74 Å². The van der Waals surface area contributed by atoms with Crippen molar-refractivity contribution in [1.29, 1.82) is 0 Å². The Labute approximate surface area is 130 Å². The summed E-state index contributed by atoms with van der Waals surface area (Å²) >= 11 is 0. The van der Waals surface area contributed by atoms with E-state index in [4.69, 9.17) is 4.74 Å². The van der Waals surface area contributed by atoms with Gasteiger partial charge in [0.2, 0.25) is 0 Å². The minimum Gasteiger partial charge on any atom is -0.444 e. The van der Waals surface area contributed by atoms with Crippen LogP contribution in [0.25, 0.3) is 0 Å². The van der Waals surface area contributed by atoms with Crippen molar-refractivity contribution in [3.63, 3.8) is 0 Å². The average molecular weight is 298 g/mol. The molecule has 21 heavy (non-hydrogen) atoms. The fraction of sp³-hybridized carbons (Fsp3) is 0.941. The highest BCUT2D eigenvalue weighted by atomic mass is 16.6. The molecule has 1 atom stereocenters. The van der Waals surface area contributed by atoms with Gasteiger partial charge in [0.15, 0.2) is 0 Å². The number of carbonyl (C=O) groups excluding carboxylic acids is 1. The molecule has 0 spiro atoms. The van der Waals surface area contributed by atoms with Gasteiger partial charge in [0.25, 0.3) is 0 Å². The Morgan fingerprint density at radius 2 is 1.71 bits per heavy atom. The molecule has 0 radical (unpaired) electrons. The van der Waals surface area contributed by atoms with Crippen LogP contribution in [0, 0.1) is 0 Å². The first-order valence-corrected chi connectivity index (χ1v) is 8.59. The van der Waals surface area contributed by atoms with Crippen molar-refractivity contribution in [3.05, 3.63) is 0 Å². The molecule has 1 aliphatic carbocycles. The molecule has 0 heterocycles. The van der Waals surface area contributed by atoms with Crippen molar-refractivity contribution in [3.8, 4) is 0 Å². The van der Waals surface area contributed by atoms with E-state index in [2.05, 4.69) is 24.5 Å². The molecule has 1 unspecified atom stereocenters. The maximum absolute atomic E-state index is 11.8. The van der Waals surface area contributed by atoms with Crippen molar-refractivity contribution < 1.29 is 9.53 Å². The Morgan fingerprint density at radius 1 is 1.14 bits per heavy atom. The van der Waals surface area contributed by atoms with Crippen LogP contribution in [0.3, 0.4) is 0 Å². The second-order valence-corrected chi connectivity index (χ2v) is 7.26. The van der Waals surface area contributed by atoms with Gasteiger partial charge >= 0.3 is 6.09 Å². The molecule has 1 saturated carbocycles. The molecule has 1 aliphatic rings. The standard InChI is InChI=1S/C17H34N2O2/c1-6-8-13(7-2)18-14-9-11-15(12-10-14)19-16(20)21-17(3,4)5/h13-15,18H,6-12H2,1-5H3,(H,19,20). The Hall–Kier alpha value is -0.770. The van der Waals surface area contributed by atoms with E-state index in [-0.39, 0.29) is 12.1 Å². The first kappa shape index (κ1) is 18.3. The number of hydrogen-bond acceptors (Lipinski definition) is 3.